The average Bonchev–Trinajstić information content (AvgIpc) is 2.60. The Balaban J connectivity index is 2.24. The number of carbonyl (C=O) groups excluding carboxylic acids is 2. The van der Waals surface area contributed by atoms with Crippen LogP contribution < -0.4 is 0 Å². The summed E-state index contributed by atoms with van der Waals surface area (Å²) in [4.78, 5) is 23.3. The van der Waals surface area contributed by atoms with Crippen molar-refractivity contribution in [2.24, 2.45) is 0 Å². The van der Waals surface area contributed by atoms with Crippen LogP contribution in [0.2, 0.25) is 5.02 Å². The van der Waals surface area contributed by atoms with E-state index in [0.717, 1.165) is 19.3 Å². The number of halogens is 1. The molecule has 132 valence electrons. The van der Waals surface area contributed by atoms with Crippen LogP contribution in [0.4, 0.5) is 0 Å². The molecule has 1 saturated heterocycles. The molecule has 0 radical (unpaired) electrons. The van der Waals surface area contributed by atoms with E-state index in [0.29, 0.717) is 13.1 Å². The summed E-state index contributed by atoms with van der Waals surface area (Å²) in [6.07, 6.45) is 2.90. The van der Waals surface area contributed by atoms with Crippen molar-refractivity contribution in [3.8, 4) is 0 Å². The number of hydrogen-bond donors (Lipinski definition) is 0. The minimum atomic E-state index is -3.67. The van der Waals surface area contributed by atoms with E-state index in [9.17, 15) is 18.0 Å². The van der Waals surface area contributed by atoms with Gasteiger partial charge in [-0.15, -0.1) is 0 Å². The summed E-state index contributed by atoms with van der Waals surface area (Å²) in [5.41, 5.74) is -0.0568. The molecule has 1 aliphatic rings. The van der Waals surface area contributed by atoms with Gasteiger partial charge in [0, 0.05) is 19.5 Å². The van der Waals surface area contributed by atoms with Crippen LogP contribution in [0, 0.1) is 0 Å². The van der Waals surface area contributed by atoms with Gasteiger partial charge in [-0.05, 0) is 31.0 Å². The standard InChI is InChI=1S/C16H20ClNO5S/c1-2-12(19)11-23-16(20)14-10-13(6-7-15(14)17)24(21,22)18-8-4-3-5-9-18/h6-7,10H,2-5,8-9,11H2,1H3. The van der Waals surface area contributed by atoms with Gasteiger partial charge in [-0.3, -0.25) is 4.79 Å². The van der Waals surface area contributed by atoms with Gasteiger partial charge in [-0.25, -0.2) is 13.2 Å². The van der Waals surface area contributed by atoms with Crippen molar-refractivity contribution < 1.29 is 22.7 Å². The Labute approximate surface area is 146 Å². The molecular formula is C16H20ClNO5S. The summed E-state index contributed by atoms with van der Waals surface area (Å²) in [5, 5.41) is 0.0848. The van der Waals surface area contributed by atoms with Gasteiger partial charge in [-0.2, -0.15) is 4.31 Å². The molecule has 0 amide bonds. The van der Waals surface area contributed by atoms with E-state index in [2.05, 4.69) is 0 Å². The maximum absolute atomic E-state index is 12.7. The van der Waals surface area contributed by atoms with Gasteiger partial charge in [0.25, 0.3) is 0 Å². The third kappa shape index (κ3) is 4.34. The van der Waals surface area contributed by atoms with Gasteiger partial charge >= 0.3 is 5.97 Å². The van der Waals surface area contributed by atoms with Gasteiger partial charge in [0.1, 0.15) is 6.61 Å². The molecule has 0 spiro atoms. The molecule has 0 saturated carbocycles. The number of rotatable bonds is 6. The minimum Gasteiger partial charge on any atom is -0.454 e. The van der Waals surface area contributed by atoms with E-state index >= 15 is 0 Å². The molecule has 0 aliphatic carbocycles. The van der Waals surface area contributed by atoms with Crippen LogP contribution in [-0.4, -0.2) is 44.2 Å². The van der Waals surface area contributed by atoms with E-state index in [1.165, 1.54) is 22.5 Å². The molecule has 1 heterocycles. The van der Waals surface area contributed by atoms with E-state index in [1.807, 2.05) is 0 Å². The highest BCUT2D eigenvalue weighted by Gasteiger charge is 2.27. The third-order valence-corrected chi connectivity index (χ3v) is 6.09. The Bertz CT molecular complexity index is 726. The Morgan fingerprint density at radius 1 is 1.21 bits per heavy atom. The molecule has 0 aromatic heterocycles. The Morgan fingerprint density at radius 2 is 1.88 bits per heavy atom. The van der Waals surface area contributed by atoms with Crippen LogP contribution in [0.1, 0.15) is 43.0 Å². The van der Waals surface area contributed by atoms with Crippen molar-refractivity contribution in [1.29, 1.82) is 0 Å². The number of nitrogens with zero attached hydrogens (tertiary/aromatic N) is 1. The second-order valence-electron chi connectivity index (χ2n) is 5.57. The zero-order valence-electron chi connectivity index (χ0n) is 13.5. The number of esters is 1. The first-order chi connectivity index (χ1) is 11.4. The molecule has 24 heavy (non-hydrogen) atoms. The predicted molar refractivity (Wildman–Crippen MR) is 89.6 cm³/mol. The van der Waals surface area contributed by atoms with Crippen molar-refractivity contribution >= 4 is 33.4 Å². The molecule has 1 aromatic carbocycles. The number of benzene rings is 1. The predicted octanol–water partition coefficient (Wildman–Crippen LogP) is 2.65. The fourth-order valence-corrected chi connectivity index (χ4v) is 4.14. The largest absolute Gasteiger partial charge is 0.454 e. The van der Waals surface area contributed by atoms with Crippen LogP contribution in [0.5, 0.6) is 0 Å². The number of sulfonamides is 1. The van der Waals surface area contributed by atoms with Crippen molar-refractivity contribution in [2.45, 2.75) is 37.5 Å². The maximum Gasteiger partial charge on any atom is 0.340 e. The van der Waals surface area contributed by atoms with E-state index in [-0.39, 0.29) is 34.3 Å². The Kier molecular flexibility index (Phi) is 6.37. The van der Waals surface area contributed by atoms with Crippen LogP contribution in [0.25, 0.3) is 0 Å². The number of carbonyl (C=O) groups is 2. The molecular weight excluding hydrogens is 354 g/mol. The molecule has 8 heteroatoms. The lowest BCUT2D eigenvalue weighted by atomic mass is 10.2. The highest BCUT2D eigenvalue weighted by molar-refractivity contribution is 7.89. The molecule has 0 atom stereocenters. The summed E-state index contributed by atoms with van der Waals surface area (Å²) < 4.78 is 31.6. The first-order valence-electron chi connectivity index (χ1n) is 7.84. The number of Topliss-reactive ketones (excluding diaryl/α,β-unsaturated/α-hetero) is 1. The molecule has 6 nitrogen and oxygen atoms in total. The summed E-state index contributed by atoms with van der Waals surface area (Å²) in [6, 6.07) is 3.95. The van der Waals surface area contributed by atoms with E-state index in [1.54, 1.807) is 6.92 Å². The summed E-state index contributed by atoms with van der Waals surface area (Å²) in [5.74, 6) is -1.03. The highest BCUT2D eigenvalue weighted by Crippen LogP contribution is 2.25. The lowest BCUT2D eigenvalue weighted by Gasteiger charge is -2.26. The Hall–Kier alpha value is -1.44. The summed E-state index contributed by atoms with van der Waals surface area (Å²) in [6.45, 7) is 2.25. The fraction of sp³-hybridized carbons (Fsp3) is 0.500. The maximum atomic E-state index is 12.7. The SMILES string of the molecule is CCC(=O)COC(=O)c1cc(S(=O)(=O)N2CCCCC2)ccc1Cl. The first kappa shape index (κ1) is 18.9. The van der Waals surface area contributed by atoms with Crippen molar-refractivity contribution in [3.63, 3.8) is 0 Å². The smallest absolute Gasteiger partial charge is 0.340 e. The molecule has 0 N–H and O–H groups in total. The van der Waals surface area contributed by atoms with Gasteiger partial charge in [0.2, 0.25) is 10.0 Å². The molecule has 0 bridgehead atoms. The number of ether oxygens (including phenoxy) is 1. The van der Waals surface area contributed by atoms with Crippen LogP contribution >= 0.6 is 11.6 Å². The second-order valence-corrected chi connectivity index (χ2v) is 7.92. The zero-order valence-corrected chi connectivity index (χ0v) is 15.0. The molecule has 0 unspecified atom stereocenters. The van der Waals surface area contributed by atoms with Crippen molar-refractivity contribution in [1.82, 2.24) is 4.31 Å². The normalized spacial score (nSPS) is 15.9. The van der Waals surface area contributed by atoms with Crippen molar-refractivity contribution in [2.75, 3.05) is 19.7 Å². The van der Waals surface area contributed by atoms with Crippen LogP contribution in [-0.2, 0) is 19.6 Å². The second kappa shape index (κ2) is 8.09. The van der Waals surface area contributed by atoms with Gasteiger partial charge in [0.15, 0.2) is 5.78 Å². The third-order valence-electron chi connectivity index (χ3n) is 3.87. The monoisotopic (exact) mass is 373 g/mol. The van der Waals surface area contributed by atoms with Gasteiger partial charge in [0.05, 0.1) is 15.5 Å². The number of ketones is 1. The molecule has 1 fully saturated rings. The average molecular weight is 374 g/mol. The van der Waals surface area contributed by atoms with Crippen LogP contribution in [0.3, 0.4) is 0 Å². The Morgan fingerprint density at radius 3 is 2.50 bits per heavy atom. The van der Waals surface area contributed by atoms with Crippen LogP contribution in [0.15, 0.2) is 23.1 Å². The fourth-order valence-electron chi connectivity index (χ4n) is 2.40. The minimum absolute atomic E-state index is 0.00238. The lowest BCUT2D eigenvalue weighted by molar-refractivity contribution is -0.121. The summed E-state index contributed by atoms with van der Waals surface area (Å²) in [7, 11) is -3.67. The molecule has 2 rings (SSSR count). The van der Waals surface area contributed by atoms with Gasteiger partial charge < -0.3 is 4.74 Å². The lowest BCUT2D eigenvalue weighted by Crippen LogP contribution is -2.35. The molecule has 1 aliphatic heterocycles. The van der Waals surface area contributed by atoms with Crippen molar-refractivity contribution in [3.05, 3.63) is 28.8 Å². The quantitative estimate of drug-likeness (QED) is 0.716. The number of piperidine rings is 1. The molecule has 1 aromatic rings. The van der Waals surface area contributed by atoms with Gasteiger partial charge in [-0.1, -0.05) is 24.9 Å². The highest BCUT2D eigenvalue weighted by atomic mass is 35.5. The summed E-state index contributed by atoms with van der Waals surface area (Å²) >= 11 is 5.98. The van der Waals surface area contributed by atoms with E-state index in [4.69, 9.17) is 16.3 Å². The number of hydrogen-bond acceptors (Lipinski definition) is 5. The zero-order chi connectivity index (χ0) is 17.7. The first-order valence-corrected chi connectivity index (χ1v) is 9.66. The van der Waals surface area contributed by atoms with E-state index < -0.39 is 16.0 Å². The topological polar surface area (TPSA) is 80.8 Å².